The Hall–Kier alpha value is -3.09. The van der Waals surface area contributed by atoms with Crippen molar-refractivity contribution in [3.05, 3.63) is 52.1 Å². The Labute approximate surface area is 152 Å². The van der Waals surface area contributed by atoms with Crippen molar-refractivity contribution in [3.8, 4) is 17.2 Å². The fourth-order valence-corrected chi connectivity index (χ4v) is 2.14. The van der Waals surface area contributed by atoms with Crippen LogP contribution in [-0.4, -0.2) is 29.5 Å². The van der Waals surface area contributed by atoms with E-state index in [1.165, 1.54) is 24.4 Å². The topological polar surface area (TPSA) is 94.2 Å². The lowest BCUT2D eigenvalue weighted by molar-refractivity contribution is -0.384. The second-order valence-electron chi connectivity index (χ2n) is 5.59. The number of aromatic hydroxyl groups is 1. The number of nitrogens with zero attached hydrogens (tertiary/aromatic N) is 2. The highest BCUT2D eigenvalue weighted by molar-refractivity contribution is 5.86. The van der Waals surface area contributed by atoms with Crippen molar-refractivity contribution in [1.29, 1.82) is 0 Å². The summed E-state index contributed by atoms with van der Waals surface area (Å²) >= 11 is 0. The number of rotatable bonds is 9. The average molecular weight is 358 g/mol. The number of ether oxygens (including phenoxy) is 2. The van der Waals surface area contributed by atoms with Crippen LogP contribution in [0.25, 0.3) is 0 Å². The molecule has 0 heterocycles. The molecule has 7 heteroatoms. The molecule has 0 atom stereocenters. The fraction of sp³-hybridized carbons (Fsp3) is 0.316. The minimum absolute atomic E-state index is 0.0790. The van der Waals surface area contributed by atoms with E-state index < -0.39 is 4.92 Å². The summed E-state index contributed by atoms with van der Waals surface area (Å²) in [4.78, 5) is 14.6. The van der Waals surface area contributed by atoms with Gasteiger partial charge < -0.3 is 14.6 Å². The van der Waals surface area contributed by atoms with Crippen molar-refractivity contribution in [3.63, 3.8) is 0 Å². The molecular weight excluding hydrogens is 336 g/mol. The van der Waals surface area contributed by atoms with E-state index >= 15 is 0 Å². The van der Waals surface area contributed by atoms with Crippen LogP contribution in [-0.2, 0) is 0 Å². The Morgan fingerprint density at radius 2 is 1.77 bits per heavy atom. The van der Waals surface area contributed by atoms with Crippen LogP contribution < -0.4 is 9.47 Å². The largest absolute Gasteiger partial charge is 0.507 e. The van der Waals surface area contributed by atoms with E-state index in [1.807, 2.05) is 13.8 Å². The number of aliphatic imine (C=N–C) groups is 1. The third-order valence-corrected chi connectivity index (χ3v) is 3.43. The Morgan fingerprint density at radius 3 is 2.42 bits per heavy atom. The Morgan fingerprint density at radius 1 is 1.08 bits per heavy atom. The highest BCUT2D eigenvalue weighted by Crippen LogP contribution is 2.32. The zero-order chi connectivity index (χ0) is 18.9. The van der Waals surface area contributed by atoms with E-state index in [0.29, 0.717) is 30.4 Å². The first-order valence-electron chi connectivity index (χ1n) is 8.46. The van der Waals surface area contributed by atoms with Crippen molar-refractivity contribution >= 4 is 17.6 Å². The third-order valence-electron chi connectivity index (χ3n) is 3.43. The zero-order valence-corrected chi connectivity index (χ0v) is 14.8. The lowest BCUT2D eigenvalue weighted by Crippen LogP contribution is -2.00. The van der Waals surface area contributed by atoms with Gasteiger partial charge in [-0.15, -0.1) is 0 Å². The molecule has 1 N–H and O–H groups in total. The van der Waals surface area contributed by atoms with Gasteiger partial charge in [-0.2, -0.15) is 0 Å². The van der Waals surface area contributed by atoms with Crippen LogP contribution in [0.1, 0.15) is 32.3 Å². The molecule has 0 bridgehead atoms. The first-order chi connectivity index (χ1) is 12.5. The van der Waals surface area contributed by atoms with Crippen molar-refractivity contribution in [2.24, 2.45) is 4.99 Å². The summed E-state index contributed by atoms with van der Waals surface area (Å²) in [7, 11) is 0. The van der Waals surface area contributed by atoms with Crippen LogP contribution in [0.4, 0.5) is 11.4 Å². The maximum Gasteiger partial charge on any atom is 0.270 e. The summed E-state index contributed by atoms with van der Waals surface area (Å²) in [5, 5.41) is 20.7. The van der Waals surface area contributed by atoms with Gasteiger partial charge in [0, 0.05) is 30.0 Å². The van der Waals surface area contributed by atoms with Gasteiger partial charge in [0.2, 0.25) is 0 Å². The maximum absolute atomic E-state index is 10.9. The highest BCUT2D eigenvalue weighted by atomic mass is 16.6. The van der Waals surface area contributed by atoms with Crippen molar-refractivity contribution in [1.82, 2.24) is 0 Å². The quantitative estimate of drug-likeness (QED) is 0.401. The molecule has 0 amide bonds. The van der Waals surface area contributed by atoms with Crippen LogP contribution >= 0.6 is 0 Å². The lowest BCUT2D eigenvalue weighted by atomic mass is 10.2. The molecule has 0 fully saturated rings. The van der Waals surface area contributed by atoms with Gasteiger partial charge in [-0.3, -0.25) is 15.1 Å². The number of phenols is 1. The van der Waals surface area contributed by atoms with Gasteiger partial charge in [-0.05, 0) is 31.0 Å². The van der Waals surface area contributed by atoms with Crippen LogP contribution in [0, 0.1) is 10.1 Å². The Bertz CT molecular complexity index is 789. The van der Waals surface area contributed by atoms with Gasteiger partial charge >= 0.3 is 0 Å². The summed E-state index contributed by atoms with van der Waals surface area (Å²) in [5.74, 6) is 1.17. The molecule has 0 aliphatic rings. The number of hydrogen-bond donors (Lipinski definition) is 1. The molecule has 0 unspecified atom stereocenters. The monoisotopic (exact) mass is 358 g/mol. The fourth-order valence-electron chi connectivity index (χ4n) is 2.14. The SMILES string of the molecule is CCCOc1ccc(N=Cc2cc([N+](=O)[O-])ccc2O)cc1OCCC. The first kappa shape index (κ1) is 19.2. The Balaban J connectivity index is 2.26. The normalized spacial score (nSPS) is 10.8. The minimum atomic E-state index is -0.520. The number of non-ortho nitro benzene ring substituents is 1. The van der Waals surface area contributed by atoms with Crippen LogP contribution in [0.3, 0.4) is 0 Å². The molecule has 2 rings (SSSR count). The van der Waals surface area contributed by atoms with Gasteiger partial charge in [-0.1, -0.05) is 13.8 Å². The van der Waals surface area contributed by atoms with E-state index in [-0.39, 0.29) is 17.0 Å². The van der Waals surface area contributed by atoms with Crippen LogP contribution in [0.15, 0.2) is 41.4 Å². The number of phenolic OH excluding ortho intramolecular Hbond substituents is 1. The molecular formula is C19H22N2O5. The molecule has 0 saturated carbocycles. The lowest BCUT2D eigenvalue weighted by Gasteiger charge is -2.12. The average Bonchev–Trinajstić information content (AvgIpc) is 2.64. The smallest absolute Gasteiger partial charge is 0.270 e. The molecule has 2 aromatic carbocycles. The van der Waals surface area contributed by atoms with Crippen molar-refractivity contribution in [2.75, 3.05) is 13.2 Å². The van der Waals surface area contributed by atoms with Crippen LogP contribution in [0.2, 0.25) is 0 Å². The highest BCUT2D eigenvalue weighted by Gasteiger charge is 2.10. The molecule has 0 saturated heterocycles. The van der Waals surface area contributed by atoms with E-state index in [2.05, 4.69) is 4.99 Å². The molecule has 26 heavy (non-hydrogen) atoms. The number of nitro groups is 1. The second-order valence-corrected chi connectivity index (χ2v) is 5.59. The zero-order valence-electron chi connectivity index (χ0n) is 14.8. The van der Waals surface area contributed by atoms with Crippen molar-refractivity contribution in [2.45, 2.75) is 26.7 Å². The number of nitro benzene ring substituents is 1. The van der Waals surface area contributed by atoms with Crippen LogP contribution in [0.5, 0.6) is 17.2 Å². The van der Waals surface area contributed by atoms with E-state index in [1.54, 1.807) is 18.2 Å². The molecule has 0 aliphatic carbocycles. The summed E-state index contributed by atoms with van der Waals surface area (Å²) < 4.78 is 11.4. The first-order valence-corrected chi connectivity index (χ1v) is 8.46. The summed E-state index contributed by atoms with van der Waals surface area (Å²) in [6.45, 7) is 5.18. The molecule has 7 nitrogen and oxygen atoms in total. The molecule has 0 aromatic heterocycles. The molecule has 0 spiro atoms. The van der Waals surface area contributed by atoms with E-state index in [0.717, 1.165) is 12.8 Å². The van der Waals surface area contributed by atoms with Crippen molar-refractivity contribution < 1.29 is 19.5 Å². The molecule has 0 radical (unpaired) electrons. The van der Waals surface area contributed by atoms with Gasteiger partial charge in [0.1, 0.15) is 5.75 Å². The van der Waals surface area contributed by atoms with E-state index in [9.17, 15) is 15.2 Å². The Kier molecular flexibility index (Phi) is 6.96. The second kappa shape index (κ2) is 9.41. The summed E-state index contributed by atoms with van der Waals surface area (Å²) in [6.07, 6.45) is 3.13. The predicted molar refractivity (Wildman–Crippen MR) is 100 cm³/mol. The third kappa shape index (κ3) is 5.20. The summed E-state index contributed by atoms with van der Waals surface area (Å²) in [6, 6.07) is 9.06. The number of benzene rings is 2. The minimum Gasteiger partial charge on any atom is -0.507 e. The van der Waals surface area contributed by atoms with E-state index in [4.69, 9.17) is 9.47 Å². The van der Waals surface area contributed by atoms with Gasteiger partial charge in [0.25, 0.3) is 5.69 Å². The molecule has 2 aromatic rings. The van der Waals surface area contributed by atoms with Gasteiger partial charge in [0.05, 0.1) is 23.8 Å². The van der Waals surface area contributed by atoms with Gasteiger partial charge in [0.15, 0.2) is 11.5 Å². The maximum atomic E-state index is 10.9. The predicted octanol–water partition coefficient (Wildman–Crippen LogP) is 4.63. The summed E-state index contributed by atoms with van der Waals surface area (Å²) in [5.41, 5.74) is 0.743. The molecule has 138 valence electrons. The number of hydrogen-bond acceptors (Lipinski definition) is 6. The standard InChI is InChI=1S/C19H22N2O5/c1-3-9-25-18-8-5-15(12-19(18)26-10-4-2)20-13-14-11-16(21(23)24)6-7-17(14)22/h5-8,11-13,22H,3-4,9-10H2,1-2H3. The van der Waals surface area contributed by atoms with Gasteiger partial charge in [-0.25, -0.2) is 0 Å². The molecule has 0 aliphatic heterocycles.